The van der Waals surface area contributed by atoms with Crippen LogP contribution in [-0.4, -0.2) is 18.3 Å². The molecule has 2 aliphatic heterocycles. The van der Waals surface area contributed by atoms with Crippen molar-refractivity contribution in [2.75, 3.05) is 11.9 Å². The van der Waals surface area contributed by atoms with Gasteiger partial charge < -0.3 is 9.47 Å². The minimum absolute atomic E-state index is 0.203. The van der Waals surface area contributed by atoms with Crippen LogP contribution in [0, 0.1) is 13.8 Å². The predicted molar refractivity (Wildman–Crippen MR) is 163 cm³/mol. The lowest BCUT2D eigenvalue weighted by molar-refractivity contribution is 1.04. The van der Waals surface area contributed by atoms with Crippen LogP contribution in [0.15, 0.2) is 109 Å². The molecule has 38 heavy (non-hydrogen) atoms. The van der Waals surface area contributed by atoms with E-state index in [-0.39, 0.29) is 6.71 Å². The van der Waals surface area contributed by atoms with Gasteiger partial charge in [0.25, 0.3) is 6.71 Å². The zero-order valence-corrected chi connectivity index (χ0v) is 21.9. The van der Waals surface area contributed by atoms with E-state index >= 15 is 0 Å². The SMILES string of the molecule is Cc1c(C)n2c3c(cccc13)B1c3cc(-c4cccc(-c5ccccc5)c4)ccc3N(C)c3cccc-2c31. The highest BCUT2D eigenvalue weighted by Gasteiger charge is 2.40. The van der Waals surface area contributed by atoms with Crippen molar-refractivity contribution in [1.82, 2.24) is 4.57 Å². The molecular weight excluding hydrogens is 459 g/mol. The molecule has 2 aliphatic rings. The summed E-state index contributed by atoms with van der Waals surface area (Å²) >= 11 is 0. The Balaban J connectivity index is 1.38. The average molecular weight is 486 g/mol. The molecule has 0 amide bonds. The van der Waals surface area contributed by atoms with Crippen LogP contribution in [0.1, 0.15) is 11.3 Å². The highest BCUT2D eigenvalue weighted by atomic mass is 15.1. The van der Waals surface area contributed by atoms with Gasteiger partial charge in [0.05, 0.1) is 0 Å². The second kappa shape index (κ2) is 7.75. The number of rotatable bonds is 2. The van der Waals surface area contributed by atoms with Crippen molar-refractivity contribution in [1.29, 1.82) is 0 Å². The van der Waals surface area contributed by atoms with Crippen LogP contribution in [0.3, 0.4) is 0 Å². The third kappa shape index (κ3) is 2.79. The molecule has 3 heteroatoms. The summed E-state index contributed by atoms with van der Waals surface area (Å²) in [5, 5.41) is 1.36. The average Bonchev–Trinajstić information content (AvgIpc) is 3.23. The standard InChI is InChI=1S/C35H27BN2/c1-22-23(2)38-33-17-9-16-32-34(33)36(29-15-8-14-28(22)35(29)38)30-21-27(18-19-31(30)37(32)3)26-13-7-12-25(20-26)24-10-5-4-6-11-24/h4-21H,1-3H3. The second-order valence-corrected chi connectivity index (χ2v) is 10.7. The van der Waals surface area contributed by atoms with Gasteiger partial charge in [-0.1, -0.05) is 84.9 Å². The van der Waals surface area contributed by atoms with Crippen LogP contribution in [0.5, 0.6) is 0 Å². The van der Waals surface area contributed by atoms with Gasteiger partial charge in [0.2, 0.25) is 0 Å². The second-order valence-electron chi connectivity index (χ2n) is 10.7. The van der Waals surface area contributed by atoms with Crippen LogP contribution in [0.2, 0.25) is 0 Å². The number of anilines is 2. The molecule has 8 rings (SSSR count). The number of aromatic nitrogens is 1. The van der Waals surface area contributed by atoms with Crippen LogP contribution in [-0.2, 0) is 0 Å². The summed E-state index contributed by atoms with van der Waals surface area (Å²) in [6, 6.07) is 40.3. The summed E-state index contributed by atoms with van der Waals surface area (Å²) in [5.74, 6) is 0. The maximum atomic E-state index is 2.50. The van der Waals surface area contributed by atoms with E-state index in [4.69, 9.17) is 0 Å². The molecule has 0 N–H and O–H groups in total. The van der Waals surface area contributed by atoms with Crippen LogP contribution >= 0.6 is 0 Å². The summed E-state index contributed by atoms with van der Waals surface area (Å²) in [6.07, 6.45) is 0. The summed E-state index contributed by atoms with van der Waals surface area (Å²) < 4.78 is 2.50. The zero-order chi connectivity index (χ0) is 25.5. The third-order valence-electron chi connectivity index (χ3n) is 8.84. The minimum Gasteiger partial charge on any atom is -0.345 e. The topological polar surface area (TPSA) is 8.17 Å². The van der Waals surface area contributed by atoms with Gasteiger partial charge in [-0.25, -0.2) is 0 Å². The molecular formula is C35H27BN2. The first-order valence-electron chi connectivity index (χ1n) is 13.4. The van der Waals surface area contributed by atoms with Crippen molar-refractivity contribution in [2.24, 2.45) is 0 Å². The third-order valence-corrected chi connectivity index (χ3v) is 8.84. The van der Waals surface area contributed by atoms with Crippen molar-refractivity contribution < 1.29 is 0 Å². The lowest BCUT2D eigenvalue weighted by Crippen LogP contribution is -2.60. The minimum atomic E-state index is 0.203. The maximum absolute atomic E-state index is 2.50. The van der Waals surface area contributed by atoms with E-state index in [1.54, 1.807) is 0 Å². The van der Waals surface area contributed by atoms with Crippen molar-refractivity contribution in [3.8, 4) is 27.9 Å². The van der Waals surface area contributed by atoms with E-state index in [9.17, 15) is 0 Å². The molecule has 0 aliphatic carbocycles. The molecule has 0 unspecified atom stereocenters. The number of para-hydroxylation sites is 1. The molecule has 0 spiro atoms. The Morgan fingerprint density at radius 3 is 2.08 bits per heavy atom. The molecule has 0 fully saturated rings. The molecule has 3 heterocycles. The van der Waals surface area contributed by atoms with Crippen LogP contribution in [0.4, 0.5) is 11.4 Å². The fourth-order valence-corrected chi connectivity index (χ4v) is 6.89. The van der Waals surface area contributed by atoms with Crippen molar-refractivity contribution in [3.63, 3.8) is 0 Å². The van der Waals surface area contributed by atoms with Gasteiger partial charge in [-0.05, 0) is 82.3 Å². The Morgan fingerprint density at radius 1 is 0.553 bits per heavy atom. The molecule has 2 nitrogen and oxygen atoms in total. The van der Waals surface area contributed by atoms with Gasteiger partial charge >= 0.3 is 0 Å². The zero-order valence-electron chi connectivity index (χ0n) is 21.9. The van der Waals surface area contributed by atoms with Crippen molar-refractivity contribution in [3.05, 3.63) is 120 Å². The van der Waals surface area contributed by atoms with E-state index < -0.39 is 0 Å². The van der Waals surface area contributed by atoms with Crippen LogP contribution in [0.25, 0.3) is 38.8 Å². The first-order valence-corrected chi connectivity index (χ1v) is 13.4. The number of nitrogens with zero attached hydrogens (tertiary/aromatic N) is 2. The number of hydrogen-bond acceptors (Lipinski definition) is 1. The monoisotopic (exact) mass is 486 g/mol. The molecule has 0 atom stereocenters. The Kier molecular flexibility index (Phi) is 4.40. The van der Waals surface area contributed by atoms with E-state index in [0.29, 0.717) is 0 Å². The summed E-state index contributed by atoms with van der Waals surface area (Å²) in [7, 11) is 2.21. The van der Waals surface area contributed by atoms with Crippen molar-refractivity contribution in [2.45, 2.75) is 13.8 Å². The summed E-state index contributed by atoms with van der Waals surface area (Å²) in [5.41, 5.74) is 17.2. The van der Waals surface area contributed by atoms with Gasteiger partial charge in [-0.2, -0.15) is 0 Å². The molecule has 0 bridgehead atoms. The van der Waals surface area contributed by atoms with Crippen molar-refractivity contribution >= 4 is 45.4 Å². The Hall–Kier alpha value is -4.50. The Morgan fingerprint density at radius 2 is 1.24 bits per heavy atom. The largest absolute Gasteiger partial charge is 0.345 e. The normalized spacial score (nSPS) is 13.0. The van der Waals surface area contributed by atoms with E-state index in [2.05, 4.69) is 140 Å². The highest BCUT2D eigenvalue weighted by Crippen LogP contribution is 2.37. The Labute approximate surface area is 223 Å². The predicted octanol–water partition coefficient (Wildman–Crippen LogP) is 6.49. The van der Waals surface area contributed by atoms with E-state index in [1.807, 2.05) is 0 Å². The number of hydrogen-bond donors (Lipinski definition) is 0. The fourth-order valence-electron chi connectivity index (χ4n) is 6.89. The van der Waals surface area contributed by atoms with Gasteiger partial charge in [0.15, 0.2) is 0 Å². The lowest BCUT2D eigenvalue weighted by atomic mass is 9.33. The highest BCUT2D eigenvalue weighted by molar-refractivity contribution is 7.00. The quantitative estimate of drug-likeness (QED) is 0.254. The molecule has 5 aromatic carbocycles. The molecule has 1 aromatic heterocycles. The summed E-state index contributed by atoms with van der Waals surface area (Å²) in [6.45, 7) is 4.73. The van der Waals surface area contributed by atoms with Gasteiger partial charge in [-0.3, -0.25) is 0 Å². The smallest absolute Gasteiger partial charge is 0.252 e. The molecule has 0 saturated heterocycles. The molecule has 180 valence electrons. The number of fused-ring (bicyclic) bond motifs is 4. The number of benzene rings is 5. The fraction of sp³-hybridized carbons (Fsp3) is 0.0857. The first-order chi connectivity index (χ1) is 18.6. The summed E-state index contributed by atoms with van der Waals surface area (Å²) in [4.78, 5) is 2.38. The van der Waals surface area contributed by atoms with E-state index in [1.165, 1.54) is 77.9 Å². The van der Waals surface area contributed by atoms with Gasteiger partial charge in [-0.15, -0.1) is 0 Å². The lowest BCUT2D eigenvalue weighted by Gasteiger charge is -2.38. The van der Waals surface area contributed by atoms with Gasteiger partial charge in [0.1, 0.15) is 0 Å². The molecule has 0 radical (unpaired) electrons. The Bertz CT molecular complexity index is 1910. The van der Waals surface area contributed by atoms with Crippen LogP contribution < -0.4 is 21.3 Å². The first kappa shape index (κ1) is 21.6. The number of aryl methyl sites for hydroxylation is 1. The molecule has 0 saturated carbocycles. The van der Waals surface area contributed by atoms with Gasteiger partial charge in [0, 0.05) is 40.7 Å². The molecule has 6 aromatic rings. The van der Waals surface area contributed by atoms with E-state index in [0.717, 1.165) is 0 Å². The maximum Gasteiger partial charge on any atom is 0.252 e.